The largest absolute Gasteiger partial charge is 0.481 e. The minimum absolute atomic E-state index is 0.0242. The molecule has 1 aromatic heterocycles. The van der Waals surface area contributed by atoms with E-state index in [1.807, 2.05) is 12.1 Å². The van der Waals surface area contributed by atoms with Crippen molar-refractivity contribution in [3.8, 4) is 5.88 Å². The van der Waals surface area contributed by atoms with Gasteiger partial charge in [-0.3, -0.25) is 4.79 Å². The Morgan fingerprint density at radius 1 is 1.42 bits per heavy atom. The van der Waals surface area contributed by atoms with Gasteiger partial charge in [-0.05, 0) is 25.3 Å². The number of amides is 1. The van der Waals surface area contributed by atoms with Crippen LogP contribution in [0.4, 0.5) is 0 Å². The number of nitrogens with one attached hydrogen (secondary N) is 2. The van der Waals surface area contributed by atoms with Crippen molar-refractivity contribution in [2.24, 2.45) is 5.16 Å². The third kappa shape index (κ3) is 3.52. The summed E-state index contributed by atoms with van der Waals surface area (Å²) in [4.78, 5) is 22.3. The van der Waals surface area contributed by atoms with Gasteiger partial charge in [0.2, 0.25) is 5.88 Å². The number of ether oxygens (including phenoxy) is 2. The first-order valence-electron chi connectivity index (χ1n) is 9.05. The Morgan fingerprint density at radius 2 is 2.31 bits per heavy atom. The van der Waals surface area contributed by atoms with Crippen molar-refractivity contribution in [2.45, 2.75) is 49.9 Å². The van der Waals surface area contributed by atoms with Crippen molar-refractivity contribution in [2.75, 3.05) is 20.3 Å². The van der Waals surface area contributed by atoms with E-state index in [9.17, 15) is 4.79 Å². The van der Waals surface area contributed by atoms with Crippen LogP contribution in [0.25, 0.3) is 0 Å². The third-order valence-electron chi connectivity index (χ3n) is 5.09. The van der Waals surface area contributed by atoms with Gasteiger partial charge in [0, 0.05) is 37.4 Å². The zero-order chi connectivity index (χ0) is 18.0. The second kappa shape index (κ2) is 7.20. The molecule has 2 N–H and O–H groups in total. The van der Waals surface area contributed by atoms with Gasteiger partial charge in [-0.1, -0.05) is 11.2 Å². The lowest BCUT2D eigenvalue weighted by molar-refractivity contribution is -0.131. The fraction of sp³-hybridized carbons (Fsp3) is 0.611. The number of aromatic nitrogens is 1. The van der Waals surface area contributed by atoms with Gasteiger partial charge in [-0.25, -0.2) is 4.98 Å². The number of carbonyl (C=O) groups excluding carboxylic acids is 1. The van der Waals surface area contributed by atoms with E-state index >= 15 is 0 Å². The first-order valence-corrected chi connectivity index (χ1v) is 9.05. The van der Waals surface area contributed by atoms with Crippen molar-refractivity contribution in [1.82, 2.24) is 15.6 Å². The van der Waals surface area contributed by atoms with Gasteiger partial charge in [0.05, 0.1) is 19.8 Å². The van der Waals surface area contributed by atoms with Gasteiger partial charge >= 0.3 is 0 Å². The maximum atomic E-state index is 12.3. The molecule has 0 bridgehead atoms. The van der Waals surface area contributed by atoms with Crippen molar-refractivity contribution in [3.63, 3.8) is 0 Å². The van der Waals surface area contributed by atoms with Crippen molar-refractivity contribution in [1.29, 1.82) is 0 Å². The first kappa shape index (κ1) is 17.2. The number of nitrogens with zero attached hydrogens (tertiary/aromatic N) is 2. The quantitative estimate of drug-likeness (QED) is 0.778. The molecule has 2 aliphatic heterocycles. The average Bonchev–Trinajstić information content (AvgIpc) is 3.39. The van der Waals surface area contributed by atoms with Crippen LogP contribution in [0.3, 0.4) is 0 Å². The molecule has 1 spiro atoms. The number of hydrogen-bond donors (Lipinski definition) is 2. The molecular weight excluding hydrogens is 336 g/mol. The zero-order valence-electron chi connectivity index (χ0n) is 14.9. The normalized spacial score (nSPS) is 27.7. The molecule has 8 heteroatoms. The monoisotopic (exact) mass is 360 g/mol. The summed E-state index contributed by atoms with van der Waals surface area (Å²) in [5.74, 6) is 0.483. The van der Waals surface area contributed by atoms with Crippen LogP contribution in [-0.2, 0) is 20.9 Å². The average molecular weight is 360 g/mol. The van der Waals surface area contributed by atoms with E-state index in [4.69, 9.17) is 14.3 Å². The molecule has 0 radical (unpaired) electrons. The number of oxime groups is 1. The van der Waals surface area contributed by atoms with Gasteiger partial charge in [-0.15, -0.1) is 0 Å². The lowest BCUT2D eigenvalue weighted by atomic mass is 9.86. The molecule has 4 rings (SSSR count). The maximum Gasteiger partial charge on any atom is 0.269 e. The van der Waals surface area contributed by atoms with E-state index in [0.717, 1.165) is 24.8 Å². The van der Waals surface area contributed by atoms with E-state index in [2.05, 4.69) is 20.8 Å². The van der Waals surface area contributed by atoms with Crippen molar-refractivity contribution in [3.05, 3.63) is 23.9 Å². The maximum absolute atomic E-state index is 12.3. The minimum Gasteiger partial charge on any atom is -0.481 e. The Morgan fingerprint density at radius 3 is 3.12 bits per heavy atom. The van der Waals surface area contributed by atoms with E-state index in [-0.39, 0.29) is 11.9 Å². The number of carbonyl (C=O) groups is 1. The third-order valence-corrected chi connectivity index (χ3v) is 5.09. The molecular formula is C18H24N4O4. The Balaban J connectivity index is 1.41. The Bertz CT molecular complexity index is 706. The predicted octanol–water partition coefficient (Wildman–Crippen LogP) is 0.762. The van der Waals surface area contributed by atoms with E-state index < -0.39 is 5.60 Å². The fourth-order valence-electron chi connectivity index (χ4n) is 3.45. The first-order chi connectivity index (χ1) is 12.7. The zero-order valence-corrected chi connectivity index (χ0v) is 14.9. The molecule has 1 saturated carbocycles. The van der Waals surface area contributed by atoms with Crippen molar-refractivity contribution < 1.29 is 19.1 Å². The molecule has 1 aliphatic carbocycles. The lowest BCUT2D eigenvalue weighted by Crippen LogP contribution is -2.57. The predicted molar refractivity (Wildman–Crippen MR) is 93.9 cm³/mol. The molecule has 2 fully saturated rings. The van der Waals surface area contributed by atoms with Gasteiger partial charge in [0.15, 0.2) is 5.60 Å². The van der Waals surface area contributed by atoms with Crippen LogP contribution in [0.2, 0.25) is 0 Å². The Hall–Kier alpha value is -2.19. The number of methoxy groups -OCH3 is 1. The van der Waals surface area contributed by atoms with Gasteiger partial charge in [-0.2, -0.15) is 0 Å². The number of rotatable bonds is 6. The van der Waals surface area contributed by atoms with Crippen LogP contribution >= 0.6 is 0 Å². The van der Waals surface area contributed by atoms with Crippen LogP contribution in [0, 0.1) is 0 Å². The summed E-state index contributed by atoms with van der Waals surface area (Å²) in [6.45, 7) is 1.66. The highest BCUT2D eigenvalue weighted by Gasteiger charge is 2.50. The molecule has 2 atom stereocenters. The lowest BCUT2D eigenvalue weighted by Gasteiger charge is -2.39. The SMILES string of the molecule is COc1ncccc1CN[C@@H]1CCOC[C@]12CC(C(=O)NC1CC1)=NO2. The molecule has 0 unspecified atom stereocenters. The van der Waals surface area contributed by atoms with Gasteiger partial charge < -0.3 is 24.9 Å². The molecule has 140 valence electrons. The molecule has 1 amide bonds. The fourth-order valence-corrected chi connectivity index (χ4v) is 3.45. The summed E-state index contributed by atoms with van der Waals surface area (Å²) in [6.07, 6.45) is 5.04. The molecule has 1 aromatic rings. The van der Waals surface area contributed by atoms with Crippen LogP contribution < -0.4 is 15.4 Å². The number of hydrogen-bond acceptors (Lipinski definition) is 7. The van der Waals surface area contributed by atoms with Gasteiger partial charge in [0.1, 0.15) is 5.71 Å². The van der Waals surface area contributed by atoms with Crippen LogP contribution in [0.15, 0.2) is 23.5 Å². The molecule has 8 nitrogen and oxygen atoms in total. The summed E-state index contributed by atoms with van der Waals surface area (Å²) in [5.41, 5.74) is 0.791. The minimum atomic E-state index is -0.635. The molecule has 3 aliphatic rings. The summed E-state index contributed by atoms with van der Waals surface area (Å²) in [6, 6.07) is 4.19. The molecule has 1 saturated heterocycles. The molecule has 0 aromatic carbocycles. The van der Waals surface area contributed by atoms with Gasteiger partial charge in [0.25, 0.3) is 5.91 Å². The summed E-state index contributed by atoms with van der Waals surface area (Å²) in [5, 5.41) is 10.6. The highest BCUT2D eigenvalue weighted by atomic mass is 16.7. The van der Waals surface area contributed by atoms with Crippen LogP contribution in [0.5, 0.6) is 5.88 Å². The highest BCUT2D eigenvalue weighted by molar-refractivity contribution is 6.39. The van der Waals surface area contributed by atoms with Crippen molar-refractivity contribution >= 4 is 11.6 Å². The second-order valence-electron chi connectivity index (χ2n) is 7.07. The molecule has 3 heterocycles. The highest BCUT2D eigenvalue weighted by Crippen LogP contribution is 2.33. The molecule has 26 heavy (non-hydrogen) atoms. The van der Waals surface area contributed by atoms with E-state index in [1.54, 1.807) is 13.3 Å². The second-order valence-corrected chi connectivity index (χ2v) is 7.07. The van der Waals surface area contributed by atoms with E-state index in [0.29, 0.717) is 43.8 Å². The topological polar surface area (TPSA) is 94.1 Å². The Kier molecular flexibility index (Phi) is 4.78. The summed E-state index contributed by atoms with van der Waals surface area (Å²) >= 11 is 0. The summed E-state index contributed by atoms with van der Waals surface area (Å²) < 4.78 is 11.0. The smallest absolute Gasteiger partial charge is 0.269 e. The Labute approximate surface area is 152 Å². The summed E-state index contributed by atoms with van der Waals surface area (Å²) in [7, 11) is 1.61. The standard InChI is InChI=1S/C18H24N4O4/c1-24-17-12(3-2-7-19-17)10-20-15-6-8-25-11-18(15)9-14(22-26-18)16(23)21-13-4-5-13/h2-3,7,13,15,20H,4-6,8-11H2,1H3,(H,21,23)/t15-,18-/m1/s1. The van der Waals surface area contributed by atoms with Crippen LogP contribution in [0.1, 0.15) is 31.2 Å². The van der Waals surface area contributed by atoms with E-state index in [1.165, 1.54) is 0 Å². The van der Waals surface area contributed by atoms with Crippen LogP contribution in [-0.4, -0.2) is 54.6 Å². The number of pyridine rings is 1.